The molecule has 0 unspecified atom stereocenters. The minimum Gasteiger partial charge on any atom is -0.336 e. The molecule has 0 spiro atoms. The Bertz CT molecular complexity index is 695. The van der Waals surface area contributed by atoms with Gasteiger partial charge in [0.15, 0.2) is 0 Å². The number of amides is 2. The summed E-state index contributed by atoms with van der Waals surface area (Å²) in [7, 11) is 1.63. The number of carbonyl (C=O) groups excluding carboxylic acids is 2. The molecule has 0 radical (unpaired) electrons. The summed E-state index contributed by atoms with van der Waals surface area (Å²) in [6.45, 7) is 0.0182. The standard InChI is InChI=1S/C17H19N3O2S2/c1-20(17(22)12-24-16-9-5-6-10-18-16)11-15(21)19-13-7-3-4-8-14(13)23-2/h3-10H,11-12H2,1-2H3,(H,19,21). The number of hydrogen-bond donors (Lipinski definition) is 1. The van der Waals surface area contributed by atoms with E-state index in [0.717, 1.165) is 15.6 Å². The van der Waals surface area contributed by atoms with Crippen molar-refractivity contribution in [1.82, 2.24) is 9.88 Å². The lowest BCUT2D eigenvalue weighted by Gasteiger charge is -2.17. The van der Waals surface area contributed by atoms with Crippen molar-refractivity contribution in [2.24, 2.45) is 0 Å². The third kappa shape index (κ3) is 5.58. The summed E-state index contributed by atoms with van der Waals surface area (Å²) >= 11 is 2.92. The van der Waals surface area contributed by atoms with Gasteiger partial charge < -0.3 is 10.2 Å². The summed E-state index contributed by atoms with van der Waals surface area (Å²) in [5, 5.41) is 3.64. The predicted molar refractivity (Wildman–Crippen MR) is 99.5 cm³/mol. The van der Waals surface area contributed by atoms with Crippen molar-refractivity contribution in [3.05, 3.63) is 48.7 Å². The molecule has 1 aromatic carbocycles. The Hall–Kier alpha value is -1.99. The number of para-hydroxylation sites is 1. The third-order valence-electron chi connectivity index (χ3n) is 3.17. The number of hydrogen-bond acceptors (Lipinski definition) is 5. The van der Waals surface area contributed by atoms with E-state index in [1.54, 1.807) is 25.0 Å². The van der Waals surface area contributed by atoms with Crippen LogP contribution in [-0.4, -0.2) is 47.3 Å². The molecule has 1 N–H and O–H groups in total. The molecule has 5 nitrogen and oxygen atoms in total. The predicted octanol–water partition coefficient (Wildman–Crippen LogP) is 2.99. The van der Waals surface area contributed by atoms with Crippen LogP contribution in [-0.2, 0) is 9.59 Å². The number of aromatic nitrogens is 1. The highest BCUT2D eigenvalue weighted by molar-refractivity contribution is 7.99. The van der Waals surface area contributed by atoms with Crippen LogP contribution in [0, 0.1) is 0 Å². The van der Waals surface area contributed by atoms with Crippen molar-refractivity contribution in [2.45, 2.75) is 9.92 Å². The van der Waals surface area contributed by atoms with E-state index in [0.29, 0.717) is 0 Å². The minimum atomic E-state index is -0.213. The summed E-state index contributed by atoms with van der Waals surface area (Å²) in [5.41, 5.74) is 0.763. The zero-order chi connectivity index (χ0) is 17.4. The molecule has 24 heavy (non-hydrogen) atoms. The van der Waals surface area contributed by atoms with E-state index in [1.165, 1.54) is 16.7 Å². The van der Waals surface area contributed by atoms with Gasteiger partial charge in [-0.15, -0.1) is 11.8 Å². The normalized spacial score (nSPS) is 10.2. The molecule has 0 saturated heterocycles. The van der Waals surface area contributed by atoms with Gasteiger partial charge >= 0.3 is 0 Å². The summed E-state index contributed by atoms with van der Waals surface area (Å²) in [6.07, 6.45) is 3.64. The Labute approximate surface area is 150 Å². The molecular formula is C17H19N3O2S2. The van der Waals surface area contributed by atoms with Crippen molar-refractivity contribution in [2.75, 3.05) is 30.9 Å². The van der Waals surface area contributed by atoms with Gasteiger partial charge in [0, 0.05) is 18.1 Å². The van der Waals surface area contributed by atoms with E-state index in [2.05, 4.69) is 10.3 Å². The maximum atomic E-state index is 12.1. The van der Waals surface area contributed by atoms with E-state index in [-0.39, 0.29) is 24.1 Å². The number of thioether (sulfide) groups is 2. The molecule has 0 aliphatic rings. The number of anilines is 1. The Morgan fingerprint density at radius 3 is 2.62 bits per heavy atom. The van der Waals surface area contributed by atoms with E-state index in [4.69, 9.17) is 0 Å². The summed E-state index contributed by atoms with van der Waals surface area (Å²) in [5.74, 6) is -0.0727. The van der Waals surface area contributed by atoms with Crippen LogP contribution in [0.5, 0.6) is 0 Å². The highest BCUT2D eigenvalue weighted by atomic mass is 32.2. The Morgan fingerprint density at radius 2 is 1.92 bits per heavy atom. The number of pyridine rings is 1. The van der Waals surface area contributed by atoms with E-state index < -0.39 is 0 Å². The SMILES string of the molecule is CSc1ccccc1NC(=O)CN(C)C(=O)CSc1ccccn1. The van der Waals surface area contributed by atoms with Crippen LogP contribution in [0.4, 0.5) is 5.69 Å². The lowest BCUT2D eigenvalue weighted by atomic mass is 10.3. The van der Waals surface area contributed by atoms with E-state index in [1.807, 2.05) is 48.7 Å². The summed E-state index contributed by atoms with van der Waals surface area (Å²) in [4.78, 5) is 30.8. The van der Waals surface area contributed by atoms with Gasteiger partial charge in [-0.05, 0) is 30.5 Å². The number of rotatable bonds is 7. The average molecular weight is 361 g/mol. The van der Waals surface area contributed by atoms with Crippen LogP contribution < -0.4 is 5.32 Å². The first-order valence-corrected chi connectivity index (χ1v) is 9.52. The lowest BCUT2D eigenvalue weighted by Crippen LogP contribution is -2.36. The molecule has 0 saturated carbocycles. The van der Waals surface area contributed by atoms with Gasteiger partial charge in [0.25, 0.3) is 0 Å². The van der Waals surface area contributed by atoms with Gasteiger partial charge in [-0.2, -0.15) is 0 Å². The molecule has 0 aliphatic carbocycles. The maximum absolute atomic E-state index is 12.1. The number of likely N-dealkylation sites (N-methyl/N-ethyl adjacent to an activating group) is 1. The fraction of sp³-hybridized carbons (Fsp3) is 0.235. The summed E-state index contributed by atoms with van der Waals surface area (Å²) < 4.78 is 0. The van der Waals surface area contributed by atoms with E-state index in [9.17, 15) is 9.59 Å². The molecule has 0 atom stereocenters. The van der Waals surface area contributed by atoms with Crippen molar-refractivity contribution < 1.29 is 9.59 Å². The molecule has 126 valence electrons. The van der Waals surface area contributed by atoms with Crippen LogP contribution in [0.1, 0.15) is 0 Å². The Morgan fingerprint density at radius 1 is 1.17 bits per heavy atom. The second-order valence-electron chi connectivity index (χ2n) is 4.95. The molecule has 2 rings (SSSR count). The highest BCUT2D eigenvalue weighted by Crippen LogP contribution is 2.24. The first kappa shape index (κ1) is 18.4. The smallest absolute Gasteiger partial charge is 0.244 e. The first-order chi connectivity index (χ1) is 11.6. The number of nitrogens with zero attached hydrogens (tertiary/aromatic N) is 2. The maximum Gasteiger partial charge on any atom is 0.244 e. The van der Waals surface area contributed by atoms with Gasteiger partial charge in [-0.1, -0.05) is 30.0 Å². The molecular weight excluding hydrogens is 342 g/mol. The lowest BCUT2D eigenvalue weighted by molar-refractivity contribution is -0.131. The Balaban J connectivity index is 1.83. The molecule has 2 amide bonds. The molecule has 0 aliphatic heterocycles. The van der Waals surface area contributed by atoms with Crippen LogP contribution in [0.3, 0.4) is 0 Å². The van der Waals surface area contributed by atoms with Crippen molar-refractivity contribution in [3.8, 4) is 0 Å². The highest BCUT2D eigenvalue weighted by Gasteiger charge is 2.14. The minimum absolute atomic E-state index is 0.0182. The second kappa shape index (κ2) is 9.34. The monoisotopic (exact) mass is 361 g/mol. The van der Waals surface area contributed by atoms with Crippen LogP contribution in [0.25, 0.3) is 0 Å². The van der Waals surface area contributed by atoms with Crippen molar-refractivity contribution in [1.29, 1.82) is 0 Å². The zero-order valence-corrected chi connectivity index (χ0v) is 15.2. The molecule has 0 fully saturated rings. The molecule has 1 aromatic heterocycles. The molecule has 7 heteroatoms. The van der Waals surface area contributed by atoms with Gasteiger partial charge in [-0.25, -0.2) is 4.98 Å². The molecule has 2 aromatic rings. The topological polar surface area (TPSA) is 62.3 Å². The Kier molecular flexibility index (Phi) is 7.14. The number of benzene rings is 1. The van der Waals surface area contributed by atoms with E-state index >= 15 is 0 Å². The number of nitrogens with one attached hydrogen (secondary N) is 1. The van der Waals surface area contributed by atoms with Gasteiger partial charge in [0.2, 0.25) is 11.8 Å². The first-order valence-electron chi connectivity index (χ1n) is 7.31. The second-order valence-corrected chi connectivity index (χ2v) is 6.80. The van der Waals surface area contributed by atoms with Crippen LogP contribution in [0.2, 0.25) is 0 Å². The van der Waals surface area contributed by atoms with Gasteiger partial charge in [0.05, 0.1) is 23.0 Å². The van der Waals surface area contributed by atoms with Gasteiger partial charge in [0.1, 0.15) is 0 Å². The average Bonchev–Trinajstić information content (AvgIpc) is 2.60. The molecule has 1 heterocycles. The fourth-order valence-electron chi connectivity index (χ4n) is 1.92. The largest absolute Gasteiger partial charge is 0.336 e. The molecule has 0 bridgehead atoms. The summed E-state index contributed by atoms with van der Waals surface area (Å²) in [6, 6.07) is 13.1. The number of carbonyl (C=O) groups is 2. The fourth-order valence-corrected chi connectivity index (χ4v) is 3.28. The van der Waals surface area contributed by atoms with Crippen LogP contribution >= 0.6 is 23.5 Å². The van der Waals surface area contributed by atoms with Crippen LogP contribution in [0.15, 0.2) is 58.6 Å². The third-order valence-corrected chi connectivity index (χ3v) is 4.89. The van der Waals surface area contributed by atoms with Crippen molar-refractivity contribution in [3.63, 3.8) is 0 Å². The zero-order valence-electron chi connectivity index (χ0n) is 13.6. The van der Waals surface area contributed by atoms with Crippen molar-refractivity contribution >= 4 is 41.0 Å². The quantitative estimate of drug-likeness (QED) is 0.768. The van der Waals surface area contributed by atoms with Gasteiger partial charge in [-0.3, -0.25) is 9.59 Å².